The number of rotatable bonds is 6. The quantitative estimate of drug-likeness (QED) is 0.509. The van der Waals surface area contributed by atoms with Crippen molar-refractivity contribution in [1.29, 1.82) is 0 Å². The molecule has 0 saturated heterocycles. The van der Waals surface area contributed by atoms with Crippen LogP contribution in [0.2, 0.25) is 0 Å². The van der Waals surface area contributed by atoms with E-state index in [1.807, 2.05) is 52.9 Å². The zero-order valence-electron chi connectivity index (χ0n) is 13.6. The van der Waals surface area contributed by atoms with Gasteiger partial charge in [0.05, 0.1) is 33.5 Å². The minimum atomic E-state index is -0.0242. The van der Waals surface area contributed by atoms with Crippen molar-refractivity contribution in [2.75, 3.05) is 5.32 Å². The van der Waals surface area contributed by atoms with Crippen LogP contribution >= 0.6 is 38.5 Å². The summed E-state index contributed by atoms with van der Waals surface area (Å²) in [5, 5.41) is 11.5. The first-order valence-corrected chi connectivity index (χ1v) is 9.63. The molecule has 2 aromatic heterocycles. The molecule has 0 saturated carbocycles. The number of benzene rings is 1. The van der Waals surface area contributed by atoms with E-state index >= 15 is 0 Å². The molecule has 0 aliphatic rings. The van der Waals surface area contributed by atoms with Crippen molar-refractivity contribution >= 4 is 50.1 Å². The van der Waals surface area contributed by atoms with Crippen LogP contribution in [0.1, 0.15) is 17.7 Å². The van der Waals surface area contributed by atoms with Gasteiger partial charge < -0.3 is 5.32 Å². The Labute approximate surface area is 167 Å². The number of hydrogen-bond acceptors (Lipinski definition) is 3. The van der Waals surface area contributed by atoms with Gasteiger partial charge in [-0.3, -0.25) is 14.2 Å². The Hall–Kier alpha value is -1.68. The van der Waals surface area contributed by atoms with Crippen molar-refractivity contribution in [3.63, 3.8) is 0 Å². The third kappa shape index (κ3) is 4.91. The summed E-state index contributed by atoms with van der Waals surface area (Å²) in [5.74, 6) is -0.0242. The standard InChI is InChI=1S/C17H17BrIN5O/c1-12-16(19)9-21-24(12)6-5-17(25)22-15-4-2-3-13(7-15)10-23-11-14(18)8-20-23/h2-4,7-9,11H,5-6,10H2,1H3,(H,22,25). The van der Waals surface area contributed by atoms with E-state index in [0.717, 1.165) is 25.0 Å². The van der Waals surface area contributed by atoms with Gasteiger partial charge in [-0.1, -0.05) is 12.1 Å². The number of aromatic nitrogens is 4. The van der Waals surface area contributed by atoms with E-state index < -0.39 is 0 Å². The number of halogens is 2. The molecule has 0 aliphatic carbocycles. The molecule has 0 aliphatic heterocycles. The van der Waals surface area contributed by atoms with Crippen LogP contribution in [-0.2, 0) is 17.9 Å². The lowest BCUT2D eigenvalue weighted by Crippen LogP contribution is -2.15. The normalized spacial score (nSPS) is 10.8. The number of nitrogens with zero attached hydrogens (tertiary/aromatic N) is 4. The fourth-order valence-corrected chi connectivity index (χ4v) is 3.17. The summed E-state index contributed by atoms with van der Waals surface area (Å²) >= 11 is 5.63. The number of anilines is 1. The van der Waals surface area contributed by atoms with E-state index in [9.17, 15) is 4.79 Å². The molecule has 0 unspecified atom stereocenters. The second kappa shape index (κ2) is 8.13. The molecule has 6 nitrogen and oxygen atoms in total. The van der Waals surface area contributed by atoms with E-state index in [2.05, 4.69) is 54.0 Å². The lowest BCUT2D eigenvalue weighted by molar-refractivity contribution is -0.116. The summed E-state index contributed by atoms with van der Waals surface area (Å²) in [6, 6.07) is 7.81. The lowest BCUT2D eigenvalue weighted by Gasteiger charge is -2.09. The molecular weight excluding hydrogens is 497 g/mol. The third-order valence-electron chi connectivity index (χ3n) is 3.75. The predicted molar refractivity (Wildman–Crippen MR) is 108 cm³/mol. The Bertz CT molecular complexity index is 889. The Kier molecular flexibility index (Phi) is 5.89. The second-order valence-electron chi connectivity index (χ2n) is 5.66. The van der Waals surface area contributed by atoms with Gasteiger partial charge in [-0.15, -0.1) is 0 Å². The van der Waals surface area contributed by atoms with Gasteiger partial charge in [-0.25, -0.2) is 0 Å². The highest BCUT2D eigenvalue weighted by molar-refractivity contribution is 14.1. The fraction of sp³-hybridized carbons (Fsp3) is 0.235. The van der Waals surface area contributed by atoms with Crippen LogP contribution < -0.4 is 5.32 Å². The molecule has 0 atom stereocenters. The minimum Gasteiger partial charge on any atom is -0.326 e. The van der Waals surface area contributed by atoms with Crippen LogP contribution in [-0.4, -0.2) is 25.5 Å². The summed E-state index contributed by atoms with van der Waals surface area (Å²) < 4.78 is 5.75. The molecule has 0 fully saturated rings. The summed E-state index contributed by atoms with van der Waals surface area (Å²) in [6.07, 6.45) is 5.86. The Morgan fingerprint density at radius 3 is 2.84 bits per heavy atom. The van der Waals surface area contributed by atoms with E-state index in [0.29, 0.717) is 19.5 Å². The van der Waals surface area contributed by atoms with Crippen molar-refractivity contribution in [2.45, 2.75) is 26.4 Å². The molecule has 8 heteroatoms. The maximum Gasteiger partial charge on any atom is 0.226 e. The minimum absolute atomic E-state index is 0.0242. The van der Waals surface area contributed by atoms with Crippen LogP contribution in [0.3, 0.4) is 0 Å². The Morgan fingerprint density at radius 2 is 2.16 bits per heavy atom. The average molecular weight is 514 g/mol. The molecule has 3 aromatic rings. The van der Waals surface area contributed by atoms with Crippen LogP contribution in [0.5, 0.6) is 0 Å². The topological polar surface area (TPSA) is 64.7 Å². The summed E-state index contributed by atoms with van der Waals surface area (Å²) in [4.78, 5) is 12.2. The third-order valence-corrected chi connectivity index (χ3v) is 5.22. The highest BCUT2D eigenvalue weighted by atomic mass is 127. The van der Waals surface area contributed by atoms with Crippen LogP contribution in [0.4, 0.5) is 5.69 Å². The fourth-order valence-electron chi connectivity index (χ4n) is 2.44. The zero-order chi connectivity index (χ0) is 17.8. The Morgan fingerprint density at radius 1 is 1.32 bits per heavy atom. The summed E-state index contributed by atoms with van der Waals surface area (Å²) in [7, 11) is 0. The van der Waals surface area contributed by atoms with Gasteiger partial charge in [0.25, 0.3) is 0 Å². The zero-order valence-corrected chi connectivity index (χ0v) is 17.4. The van der Waals surface area contributed by atoms with Gasteiger partial charge in [-0.2, -0.15) is 10.2 Å². The molecule has 25 heavy (non-hydrogen) atoms. The maximum absolute atomic E-state index is 12.2. The average Bonchev–Trinajstić information content (AvgIpc) is 3.12. The first-order chi connectivity index (χ1) is 12.0. The molecule has 0 spiro atoms. The van der Waals surface area contributed by atoms with Gasteiger partial charge in [0.15, 0.2) is 0 Å². The number of carbonyl (C=O) groups is 1. The van der Waals surface area contributed by atoms with Crippen molar-refractivity contribution in [1.82, 2.24) is 19.6 Å². The van der Waals surface area contributed by atoms with Gasteiger partial charge in [0.2, 0.25) is 5.91 Å². The maximum atomic E-state index is 12.2. The second-order valence-corrected chi connectivity index (χ2v) is 7.73. The molecular formula is C17H17BrIN5O. The first-order valence-electron chi connectivity index (χ1n) is 7.76. The number of hydrogen-bond donors (Lipinski definition) is 1. The number of aryl methyl sites for hydroxylation is 1. The van der Waals surface area contributed by atoms with E-state index in [1.54, 1.807) is 6.20 Å². The largest absolute Gasteiger partial charge is 0.326 e. The first kappa shape index (κ1) is 18.1. The number of carbonyl (C=O) groups excluding carboxylic acids is 1. The Balaban J connectivity index is 1.57. The van der Waals surface area contributed by atoms with Crippen molar-refractivity contribution < 1.29 is 4.79 Å². The van der Waals surface area contributed by atoms with Crippen molar-refractivity contribution in [3.05, 3.63) is 62.2 Å². The van der Waals surface area contributed by atoms with Gasteiger partial charge in [-0.05, 0) is 63.1 Å². The highest BCUT2D eigenvalue weighted by Gasteiger charge is 2.08. The van der Waals surface area contributed by atoms with Crippen molar-refractivity contribution in [2.24, 2.45) is 0 Å². The van der Waals surface area contributed by atoms with E-state index in [-0.39, 0.29) is 5.91 Å². The molecule has 130 valence electrons. The SMILES string of the molecule is Cc1c(I)cnn1CCC(=O)Nc1cccc(Cn2cc(Br)cn2)c1. The molecule has 0 radical (unpaired) electrons. The van der Waals surface area contributed by atoms with Gasteiger partial charge in [0.1, 0.15) is 0 Å². The predicted octanol–water partition coefficient (Wildman–Crippen LogP) is 3.83. The highest BCUT2D eigenvalue weighted by Crippen LogP contribution is 2.14. The molecule has 1 N–H and O–H groups in total. The molecule has 0 bridgehead atoms. The smallest absolute Gasteiger partial charge is 0.226 e. The van der Waals surface area contributed by atoms with Gasteiger partial charge >= 0.3 is 0 Å². The molecule has 3 rings (SSSR count). The molecule has 1 amide bonds. The van der Waals surface area contributed by atoms with Crippen molar-refractivity contribution in [3.8, 4) is 0 Å². The summed E-state index contributed by atoms with van der Waals surface area (Å²) in [5.41, 5.74) is 2.95. The van der Waals surface area contributed by atoms with Gasteiger partial charge in [0, 0.05) is 24.0 Å². The summed E-state index contributed by atoms with van der Waals surface area (Å²) in [6.45, 7) is 3.23. The van der Waals surface area contributed by atoms with E-state index in [1.165, 1.54) is 0 Å². The monoisotopic (exact) mass is 513 g/mol. The van der Waals surface area contributed by atoms with Crippen LogP contribution in [0, 0.1) is 10.5 Å². The van der Waals surface area contributed by atoms with Crippen LogP contribution in [0.25, 0.3) is 0 Å². The number of nitrogens with one attached hydrogen (secondary N) is 1. The van der Waals surface area contributed by atoms with Crippen LogP contribution in [0.15, 0.2) is 47.3 Å². The lowest BCUT2D eigenvalue weighted by atomic mass is 10.2. The molecule has 2 heterocycles. The number of amides is 1. The van der Waals surface area contributed by atoms with E-state index in [4.69, 9.17) is 0 Å². The molecule has 1 aromatic carbocycles.